The zero-order valence-corrected chi connectivity index (χ0v) is 11.4. The third kappa shape index (κ3) is 4.04. The Kier molecular flexibility index (Phi) is 5.35. The first-order valence-corrected chi connectivity index (χ1v) is 6.80. The number of carbonyl (C=O) groups excluding carboxylic acids is 1. The monoisotopic (exact) mass is 266 g/mol. The van der Waals surface area contributed by atoms with Crippen molar-refractivity contribution in [3.63, 3.8) is 0 Å². The van der Waals surface area contributed by atoms with E-state index in [0.29, 0.717) is 32.2 Å². The Bertz CT molecular complexity index is 399. The number of hydrogen-bond acceptors (Lipinski definition) is 4. The van der Waals surface area contributed by atoms with Crippen LogP contribution >= 0.6 is 0 Å². The van der Waals surface area contributed by atoms with Gasteiger partial charge >= 0.3 is 0 Å². The Morgan fingerprint density at radius 2 is 2.58 bits per heavy atom. The van der Waals surface area contributed by atoms with Crippen LogP contribution in [0.25, 0.3) is 0 Å². The fraction of sp³-hybridized carbons (Fsp3) is 0.692. The summed E-state index contributed by atoms with van der Waals surface area (Å²) in [6, 6.07) is 0.388. The average molecular weight is 266 g/mol. The molecule has 1 aliphatic heterocycles. The van der Waals surface area contributed by atoms with Crippen molar-refractivity contribution in [1.82, 2.24) is 20.2 Å². The molecule has 0 aromatic carbocycles. The molecule has 1 aromatic rings. The predicted octanol–water partition coefficient (Wildman–Crippen LogP) is 0.460. The van der Waals surface area contributed by atoms with E-state index in [1.807, 2.05) is 6.20 Å². The maximum atomic E-state index is 11.6. The van der Waals surface area contributed by atoms with E-state index >= 15 is 0 Å². The Balaban J connectivity index is 1.79. The van der Waals surface area contributed by atoms with Crippen LogP contribution in [0.15, 0.2) is 12.5 Å². The standard InChI is InChI=1S/C13H22N4O2/c1-19-8-6-16-13(18)4-7-17-10-14-9-12(17)11-3-2-5-15-11/h9-11,15H,2-8H2,1H3,(H,16,18). The number of carbonyl (C=O) groups is 1. The maximum absolute atomic E-state index is 11.6. The number of methoxy groups -OCH3 is 1. The molecule has 0 saturated carbocycles. The zero-order chi connectivity index (χ0) is 13.5. The molecular formula is C13H22N4O2. The Morgan fingerprint density at radius 3 is 3.32 bits per heavy atom. The summed E-state index contributed by atoms with van der Waals surface area (Å²) in [4.78, 5) is 15.8. The fourth-order valence-electron chi connectivity index (χ4n) is 2.35. The largest absolute Gasteiger partial charge is 0.383 e. The summed E-state index contributed by atoms with van der Waals surface area (Å²) >= 11 is 0. The van der Waals surface area contributed by atoms with Gasteiger partial charge in [0.2, 0.25) is 5.91 Å². The molecule has 19 heavy (non-hydrogen) atoms. The van der Waals surface area contributed by atoms with Crippen molar-refractivity contribution in [1.29, 1.82) is 0 Å². The Labute approximate surface area is 113 Å². The summed E-state index contributed by atoms with van der Waals surface area (Å²) in [5, 5.41) is 6.27. The predicted molar refractivity (Wildman–Crippen MR) is 71.7 cm³/mol. The van der Waals surface area contributed by atoms with E-state index in [1.165, 1.54) is 12.1 Å². The second-order valence-electron chi connectivity index (χ2n) is 4.75. The van der Waals surface area contributed by atoms with E-state index in [4.69, 9.17) is 4.74 Å². The summed E-state index contributed by atoms with van der Waals surface area (Å²) in [6.45, 7) is 2.85. The normalized spacial score (nSPS) is 18.7. The van der Waals surface area contributed by atoms with Gasteiger partial charge in [0.25, 0.3) is 0 Å². The van der Waals surface area contributed by atoms with E-state index < -0.39 is 0 Å². The number of aromatic nitrogens is 2. The SMILES string of the molecule is COCCNC(=O)CCn1cncc1C1CCCN1. The molecule has 6 heteroatoms. The highest BCUT2D eigenvalue weighted by atomic mass is 16.5. The van der Waals surface area contributed by atoms with Crippen LogP contribution in [0, 0.1) is 0 Å². The lowest BCUT2D eigenvalue weighted by Crippen LogP contribution is -2.28. The van der Waals surface area contributed by atoms with E-state index in [9.17, 15) is 4.79 Å². The topological polar surface area (TPSA) is 68.2 Å². The van der Waals surface area contributed by atoms with E-state index in [0.717, 1.165) is 13.0 Å². The van der Waals surface area contributed by atoms with Gasteiger partial charge in [-0.25, -0.2) is 4.98 Å². The molecule has 1 unspecified atom stereocenters. The molecule has 6 nitrogen and oxygen atoms in total. The lowest BCUT2D eigenvalue weighted by atomic mass is 10.2. The van der Waals surface area contributed by atoms with Crippen LogP contribution in [0.5, 0.6) is 0 Å². The number of rotatable bonds is 7. The Hall–Kier alpha value is -1.40. The van der Waals surface area contributed by atoms with Crippen LogP contribution in [-0.2, 0) is 16.1 Å². The summed E-state index contributed by atoms with van der Waals surface area (Å²) < 4.78 is 6.96. The summed E-state index contributed by atoms with van der Waals surface area (Å²) in [6.07, 6.45) is 6.52. The smallest absolute Gasteiger partial charge is 0.221 e. The van der Waals surface area contributed by atoms with Crippen molar-refractivity contribution >= 4 is 5.91 Å². The number of nitrogens with zero attached hydrogens (tertiary/aromatic N) is 2. The summed E-state index contributed by atoms with van der Waals surface area (Å²) in [7, 11) is 1.62. The van der Waals surface area contributed by atoms with Gasteiger partial charge in [-0.3, -0.25) is 4.79 Å². The molecule has 1 aromatic heterocycles. The van der Waals surface area contributed by atoms with E-state index in [2.05, 4.69) is 20.2 Å². The van der Waals surface area contributed by atoms with Crippen LogP contribution < -0.4 is 10.6 Å². The van der Waals surface area contributed by atoms with E-state index in [1.54, 1.807) is 13.4 Å². The molecule has 2 heterocycles. The lowest BCUT2D eigenvalue weighted by molar-refractivity contribution is -0.121. The van der Waals surface area contributed by atoms with Crippen LogP contribution in [0.4, 0.5) is 0 Å². The highest BCUT2D eigenvalue weighted by molar-refractivity contribution is 5.75. The number of imidazole rings is 1. The number of amides is 1. The molecule has 0 bridgehead atoms. The third-order valence-corrected chi connectivity index (χ3v) is 3.37. The molecule has 1 atom stereocenters. The number of nitrogens with one attached hydrogen (secondary N) is 2. The number of hydrogen-bond donors (Lipinski definition) is 2. The highest BCUT2D eigenvalue weighted by Gasteiger charge is 2.19. The van der Waals surface area contributed by atoms with Crippen molar-refractivity contribution < 1.29 is 9.53 Å². The molecule has 1 saturated heterocycles. The van der Waals surface area contributed by atoms with Gasteiger partial charge in [0.15, 0.2) is 0 Å². The molecule has 106 valence electrons. The first-order chi connectivity index (χ1) is 9.31. The second-order valence-corrected chi connectivity index (χ2v) is 4.75. The molecule has 1 aliphatic rings. The zero-order valence-electron chi connectivity index (χ0n) is 11.4. The van der Waals surface area contributed by atoms with Gasteiger partial charge in [-0.15, -0.1) is 0 Å². The van der Waals surface area contributed by atoms with Gasteiger partial charge in [-0.2, -0.15) is 0 Å². The molecule has 0 spiro atoms. The van der Waals surface area contributed by atoms with E-state index in [-0.39, 0.29) is 5.91 Å². The maximum Gasteiger partial charge on any atom is 0.221 e. The summed E-state index contributed by atoms with van der Waals surface area (Å²) in [5.41, 5.74) is 1.18. The van der Waals surface area contributed by atoms with Gasteiger partial charge in [-0.1, -0.05) is 0 Å². The lowest BCUT2D eigenvalue weighted by Gasteiger charge is -2.13. The third-order valence-electron chi connectivity index (χ3n) is 3.37. The van der Waals surface area contributed by atoms with Crippen LogP contribution in [0.2, 0.25) is 0 Å². The molecule has 0 aliphatic carbocycles. The van der Waals surface area contributed by atoms with Crippen molar-refractivity contribution in [3.8, 4) is 0 Å². The van der Waals surface area contributed by atoms with Gasteiger partial charge < -0.3 is 19.9 Å². The molecule has 2 N–H and O–H groups in total. The number of ether oxygens (including phenoxy) is 1. The van der Waals surface area contributed by atoms with Crippen LogP contribution in [-0.4, -0.2) is 42.3 Å². The molecule has 1 fully saturated rings. The number of aryl methyl sites for hydroxylation is 1. The van der Waals surface area contributed by atoms with Gasteiger partial charge in [0, 0.05) is 38.9 Å². The van der Waals surface area contributed by atoms with Gasteiger partial charge in [0.05, 0.1) is 18.6 Å². The first kappa shape index (κ1) is 14.0. The van der Waals surface area contributed by atoms with Crippen LogP contribution in [0.3, 0.4) is 0 Å². The van der Waals surface area contributed by atoms with Crippen molar-refractivity contribution in [2.75, 3.05) is 26.8 Å². The summed E-state index contributed by atoms with van der Waals surface area (Å²) in [5.74, 6) is 0.0519. The minimum atomic E-state index is 0.0519. The second kappa shape index (κ2) is 7.25. The Morgan fingerprint density at radius 1 is 1.68 bits per heavy atom. The van der Waals surface area contributed by atoms with Crippen LogP contribution in [0.1, 0.15) is 31.0 Å². The fourth-order valence-corrected chi connectivity index (χ4v) is 2.35. The molecule has 2 rings (SSSR count). The molecular weight excluding hydrogens is 244 g/mol. The minimum Gasteiger partial charge on any atom is -0.383 e. The van der Waals surface area contributed by atoms with Crippen molar-refractivity contribution in [3.05, 3.63) is 18.2 Å². The quantitative estimate of drug-likeness (QED) is 0.704. The van der Waals surface area contributed by atoms with Crippen molar-refractivity contribution in [2.24, 2.45) is 0 Å². The molecule has 1 amide bonds. The highest BCUT2D eigenvalue weighted by Crippen LogP contribution is 2.22. The van der Waals surface area contributed by atoms with Crippen molar-refractivity contribution in [2.45, 2.75) is 31.8 Å². The molecule has 0 radical (unpaired) electrons. The van der Waals surface area contributed by atoms with Gasteiger partial charge in [0.1, 0.15) is 0 Å². The minimum absolute atomic E-state index is 0.0519. The van der Waals surface area contributed by atoms with Gasteiger partial charge in [-0.05, 0) is 19.4 Å². The average Bonchev–Trinajstić information content (AvgIpc) is 3.07. The first-order valence-electron chi connectivity index (χ1n) is 6.80.